The zero-order chi connectivity index (χ0) is 26.3. The molecule has 3 aliphatic rings. The number of carbonyl (C=O) groups is 3. The molecule has 0 saturated heterocycles. The van der Waals surface area contributed by atoms with Gasteiger partial charge in [-0.1, -0.05) is 58.4 Å². The van der Waals surface area contributed by atoms with Crippen molar-refractivity contribution in [2.45, 2.75) is 99.3 Å². The molecule has 3 rings (SSSR count). The Hall–Kier alpha value is -1.91. The molecule has 0 aromatic heterocycles. The molecule has 0 amide bonds. The lowest BCUT2D eigenvalue weighted by atomic mass is 9.44. The number of ketones is 1. The summed E-state index contributed by atoms with van der Waals surface area (Å²) in [7, 11) is 0. The lowest BCUT2D eigenvalue weighted by molar-refractivity contribution is -0.143. The van der Waals surface area contributed by atoms with E-state index in [2.05, 4.69) is 47.3 Å². The summed E-state index contributed by atoms with van der Waals surface area (Å²) in [4.78, 5) is 35.4. The van der Waals surface area contributed by atoms with Crippen molar-refractivity contribution < 1.29 is 24.6 Å². The summed E-state index contributed by atoms with van der Waals surface area (Å²) >= 11 is 0. The van der Waals surface area contributed by atoms with E-state index in [0.717, 1.165) is 37.7 Å². The number of fused-ring (bicyclic) bond motifs is 3. The van der Waals surface area contributed by atoms with Crippen LogP contribution < -0.4 is 0 Å². The van der Waals surface area contributed by atoms with E-state index < -0.39 is 17.9 Å². The predicted molar refractivity (Wildman–Crippen MR) is 138 cm³/mol. The van der Waals surface area contributed by atoms with Gasteiger partial charge in [0.25, 0.3) is 0 Å². The van der Waals surface area contributed by atoms with Gasteiger partial charge < -0.3 is 10.2 Å². The number of aliphatic carboxylic acids is 2. The van der Waals surface area contributed by atoms with Crippen molar-refractivity contribution in [1.29, 1.82) is 0 Å². The highest BCUT2D eigenvalue weighted by molar-refractivity contribution is 5.83. The minimum Gasteiger partial charge on any atom is -0.481 e. The van der Waals surface area contributed by atoms with Crippen molar-refractivity contribution in [1.82, 2.24) is 0 Å². The van der Waals surface area contributed by atoms with Crippen molar-refractivity contribution in [3.05, 3.63) is 23.8 Å². The molecule has 2 fully saturated rings. The van der Waals surface area contributed by atoms with Crippen molar-refractivity contribution >= 4 is 17.7 Å². The molecule has 0 spiro atoms. The number of hydrogen-bond acceptors (Lipinski definition) is 3. The first-order valence-electron chi connectivity index (χ1n) is 13.5. The maximum atomic E-state index is 12.7. The molecule has 5 heteroatoms. The molecule has 196 valence electrons. The summed E-state index contributed by atoms with van der Waals surface area (Å²) in [6.07, 6.45) is 9.10. The average Bonchev–Trinajstić information content (AvgIpc) is 3.03. The zero-order valence-electron chi connectivity index (χ0n) is 22.7. The molecular formula is C30H46O5. The fraction of sp³-hybridized carbons (Fsp3) is 0.767. The molecule has 0 heterocycles. The van der Waals surface area contributed by atoms with E-state index in [0.29, 0.717) is 30.6 Å². The summed E-state index contributed by atoms with van der Waals surface area (Å²) in [6.45, 7) is 17.3. The standard InChI is InChI=1S/C30H46O5/c1-18(2)22-8-9-25-24(28(22,5)13-12-26(32)33)11-15-29(6)23(10-14-30(25,29)7)19(3)16-21(31)17-20(4)27(34)35/h9,19-20,22-24H,1,8,10-17H2,2-7H3,(H,32,33)(H,34,35)/t19-,20-,22+,23-,24-,28+,29-,30+/m1/s1. The lowest BCUT2D eigenvalue weighted by Crippen LogP contribution is -2.52. The van der Waals surface area contributed by atoms with E-state index in [1.807, 2.05) is 0 Å². The Morgan fingerprint density at radius 3 is 2.31 bits per heavy atom. The Labute approximate surface area is 211 Å². The van der Waals surface area contributed by atoms with E-state index in [1.54, 1.807) is 6.92 Å². The van der Waals surface area contributed by atoms with Crippen LogP contribution in [-0.4, -0.2) is 27.9 Å². The van der Waals surface area contributed by atoms with Gasteiger partial charge in [0, 0.05) is 19.3 Å². The number of rotatable bonds is 10. The summed E-state index contributed by atoms with van der Waals surface area (Å²) in [5.74, 6) is -0.914. The molecule has 0 unspecified atom stereocenters. The van der Waals surface area contributed by atoms with Gasteiger partial charge in [-0.2, -0.15) is 0 Å². The zero-order valence-corrected chi connectivity index (χ0v) is 22.7. The van der Waals surface area contributed by atoms with Gasteiger partial charge in [-0.25, -0.2) is 0 Å². The first kappa shape index (κ1) is 27.7. The van der Waals surface area contributed by atoms with Gasteiger partial charge in [0.15, 0.2) is 0 Å². The van der Waals surface area contributed by atoms with Crippen LogP contribution in [0.25, 0.3) is 0 Å². The number of carbonyl (C=O) groups excluding carboxylic acids is 1. The average molecular weight is 487 g/mol. The summed E-state index contributed by atoms with van der Waals surface area (Å²) in [5.41, 5.74) is 2.69. The van der Waals surface area contributed by atoms with Gasteiger partial charge in [-0.3, -0.25) is 14.4 Å². The predicted octanol–water partition coefficient (Wildman–Crippen LogP) is 6.92. The summed E-state index contributed by atoms with van der Waals surface area (Å²) < 4.78 is 0. The van der Waals surface area contributed by atoms with Crippen molar-refractivity contribution in [3.8, 4) is 0 Å². The van der Waals surface area contributed by atoms with Crippen LogP contribution in [0.1, 0.15) is 99.3 Å². The van der Waals surface area contributed by atoms with E-state index >= 15 is 0 Å². The van der Waals surface area contributed by atoms with Gasteiger partial charge in [0.2, 0.25) is 0 Å². The van der Waals surface area contributed by atoms with Gasteiger partial charge in [-0.15, -0.1) is 0 Å². The highest BCUT2D eigenvalue weighted by atomic mass is 16.4. The van der Waals surface area contributed by atoms with Gasteiger partial charge >= 0.3 is 11.9 Å². The van der Waals surface area contributed by atoms with E-state index in [9.17, 15) is 24.6 Å². The van der Waals surface area contributed by atoms with Crippen molar-refractivity contribution in [3.63, 3.8) is 0 Å². The lowest BCUT2D eigenvalue weighted by Gasteiger charge is -2.60. The summed E-state index contributed by atoms with van der Waals surface area (Å²) in [5, 5.41) is 18.7. The second-order valence-corrected chi connectivity index (χ2v) is 12.8. The van der Waals surface area contributed by atoms with Crippen LogP contribution in [0.15, 0.2) is 23.8 Å². The number of Topliss-reactive ketones (excluding diaryl/α,β-unsaturated/α-hetero) is 1. The van der Waals surface area contributed by atoms with Crippen LogP contribution in [0, 0.1) is 45.8 Å². The molecule has 5 nitrogen and oxygen atoms in total. The fourth-order valence-electron chi connectivity index (χ4n) is 8.60. The van der Waals surface area contributed by atoms with Gasteiger partial charge in [0.1, 0.15) is 5.78 Å². The normalized spacial score (nSPS) is 38.0. The van der Waals surface area contributed by atoms with Crippen LogP contribution in [0.5, 0.6) is 0 Å². The van der Waals surface area contributed by atoms with E-state index in [4.69, 9.17) is 0 Å². The Morgan fingerprint density at radius 1 is 1.09 bits per heavy atom. The smallest absolute Gasteiger partial charge is 0.306 e. The third kappa shape index (κ3) is 4.76. The quantitative estimate of drug-likeness (QED) is 0.327. The Balaban J connectivity index is 1.86. The first-order chi connectivity index (χ1) is 16.2. The molecular weight excluding hydrogens is 440 g/mol. The first-order valence-corrected chi connectivity index (χ1v) is 13.5. The minimum absolute atomic E-state index is 0.0385. The molecule has 3 aliphatic carbocycles. The molecule has 0 bridgehead atoms. The molecule has 2 N–H and O–H groups in total. The number of hydrogen-bond donors (Lipinski definition) is 2. The van der Waals surface area contributed by atoms with E-state index in [1.165, 1.54) is 5.57 Å². The van der Waals surface area contributed by atoms with Crippen LogP contribution in [0.3, 0.4) is 0 Å². The van der Waals surface area contributed by atoms with Crippen molar-refractivity contribution in [2.75, 3.05) is 0 Å². The molecule has 0 aliphatic heterocycles. The molecule has 35 heavy (non-hydrogen) atoms. The fourth-order valence-corrected chi connectivity index (χ4v) is 8.60. The maximum Gasteiger partial charge on any atom is 0.306 e. The van der Waals surface area contributed by atoms with Crippen LogP contribution in [0.2, 0.25) is 0 Å². The number of carboxylic acids is 2. The molecule has 0 aromatic rings. The van der Waals surface area contributed by atoms with Crippen molar-refractivity contribution in [2.24, 2.45) is 45.8 Å². The third-order valence-electron chi connectivity index (χ3n) is 10.8. The Bertz CT molecular complexity index is 918. The van der Waals surface area contributed by atoms with Crippen LogP contribution in [-0.2, 0) is 14.4 Å². The minimum atomic E-state index is -0.909. The maximum absolute atomic E-state index is 12.7. The van der Waals surface area contributed by atoms with Gasteiger partial charge in [-0.05, 0) is 85.4 Å². The highest BCUT2D eigenvalue weighted by Crippen LogP contribution is 2.71. The van der Waals surface area contributed by atoms with Crippen LogP contribution >= 0.6 is 0 Å². The highest BCUT2D eigenvalue weighted by Gasteiger charge is 2.63. The Kier molecular flexibility index (Phi) is 7.80. The monoisotopic (exact) mass is 486 g/mol. The van der Waals surface area contributed by atoms with Gasteiger partial charge in [0.05, 0.1) is 5.92 Å². The third-order valence-corrected chi connectivity index (χ3v) is 10.8. The van der Waals surface area contributed by atoms with Crippen LogP contribution in [0.4, 0.5) is 0 Å². The SMILES string of the molecule is C=C(C)[C@@H]1CC=C2[C@@H](CC[C@]3(C)[C@@H]([C@H](C)CC(=O)C[C@@H](C)C(=O)O)CC[C@@]23C)[C@@]1(C)CCC(=O)O. The second kappa shape index (κ2) is 9.86. The van der Waals surface area contributed by atoms with E-state index in [-0.39, 0.29) is 40.8 Å². The molecule has 8 atom stereocenters. The molecule has 0 radical (unpaired) electrons. The summed E-state index contributed by atoms with van der Waals surface area (Å²) in [6, 6.07) is 0. The molecule has 0 aromatic carbocycles. The Morgan fingerprint density at radius 2 is 1.74 bits per heavy atom. The topological polar surface area (TPSA) is 91.7 Å². The largest absolute Gasteiger partial charge is 0.481 e. The molecule has 2 saturated carbocycles. The number of carboxylic acid groups (broad SMARTS) is 2. The number of allylic oxidation sites excluding steroid dienone is 3. The second-order valence-electron chi connectivity index (χ2n) is 12.8.